The maximum Gasteiger partial charge on any atom is 0.289 e. The third-order valence-electron chi connectivity index (χ3n) is 6.17. The van der Waals surface area contributed by atoms with Crippen molar-refractivity contribution in [2.45, 2.75) is 12.8 Å². The average molecular weight is 416 g/mol. The first kappa shape index (κ1) is 18.5. The van der Waals surface area contributed by atoms with Gasteiger partial charge < -0.3 is 0 Å². The second-order valence-electron chi connectivity index (χ2n) is 8.05. The van der Waals surface area contributed by atoms with E-state index in [1.807, 2.05) is 30.3 Å². The zero-order valence-electron chi connectivity index (χ0n) is 17.3. The number of rotatable bonds is 4. The van der Waals surface area contributed by atoms with Gasteiger partial charge in [0.25, 0.3) is 5.91 Å². The van der Waals surface area contributed by atoms with E-state index in [0.29, 0.717) is 5.69 Å². The molecule has 0 spiro atoms. The number of amides is 1. The van der Waals surface area contributed by atoms with Crippen molar-refractivity contribution in [2.24, 2.45) is 5.10 Å². The molecule has 4 aromatic carbocycles. The summed E-state index contributed by atoms with van der Waals surface area (Å²) in [6.07, 6.45) is 3.83. The Kier molecular flexibility index (Phi) is 4.32. The van der Waals surface area contributed by atoms with E-state index in [2.05, 4.69) is 63.2 Å². The number of aromatic nitrogens is 2. The minimum Gasteiger partial charge on any atom is -0.272 e. The van der Waals surface area contributed by atoms with Crippen LogP contribution in [0.25, 0.3) is 32.8 Å². The maximum atomic E-state index is 12.6. The van der Waals surface area contributed by atoms with E-state index in [1.54, 1.807) is 12.3 Å². The number of H-pyrrole nitrogens is 1. The maximum absolute atomic E-state index is 12.6. The topological polar surface area (TPSA) is 70.1 Å². The van der Waals surface area contributed by atoms with Crippen molar-refractivity contribution in [1.29, 1.82) is 0 Å². The highest BCUT2D eigenvalue weighted by molar-refractivity contribution is 6.03. The number of nitrogens with one attached hydrogen (secondary N) is 2. The highest BCUT2D eigenvalue weighted by atomic mass is 16.2. The van der Waals surface area contributed by atoms with Gasteiger partial charge in [-0.3, -0.25) is 9.89 Å². The molecule has 0 saturated carbocycles. The normalized spacial score (nSPS) is 12.8. The Morgan fingerprint density at radius 1 is 0.906 bits per heavy atom. The van der Waals surface area contributed by atoms with E-state index in [1.165, 1.54) is 21.9 Å². The monoisotopic (exact) mass is 416 g/mol. The molecule has 1 heterocycles. The molecule has 0 unspecified atom stereocenters. The van der Waals surface area contributed by atoms with Gasteiger partial charge in [0.1, 0.15) is 5.69 Å². The number of nitrogens with zero attached hydrogens (tertiary/aromatic N) is 2. The predicted molar refractivity (Wildman–Crippen MR) is 128 cm³/mol. The molecule has 5 aromatic rings. The largest absolute Gasteiger partial charge is 0.289 e. The zero-order valence-corrected chi connectivity index (χ0v) is 17.3. The number of carbonyl (C=O) groups is 1. The quantitative estimate of drug-likeness (QED) is 0.310. The van der Waals surface area contributed by atoms with Crippen LogP contribution in [0.3, 0.4) is 0 Å². The molecular weight excluding hydrogens is 396 g/mol. The molecule has 154 valence electrons. The molecule has 32 heavy (non-hydrogen) atoms. The SMILES string of the molecule is O=C(N/N=C\c1cccc2ccccc12)c1cc(-c2ccc3c4c(cccc24)CC3)n[nH]1. The molecule has 0 fully saturated rings. The summed E-state index contributed by atoms with van der Waals surface area (Å²) in [5.74, 6) is -0.328. The van der Waals surface area contributed by atoms with Crippen molar-refractivity contribution in [1.82, 2.24) is 15.6 Å². The number of benzene rings is 4. The van der Waals surface area contributed by atoms with Gasteiger partial charge in [-0.2, -0.15) is 10.2 Å². The van der Waals surface area contributed by atoms with E-state index in [0.717, 1.165) is 40.4 Å². The lowest BCUT2D eigenvalue weighted by Gasteiger charge is -2.06. The van der Waals surface area contributed by atoms with Crippen LogP contribution >= 0.6 is 0 Å². The van der Waals surface area contributed by atoms with Crippen molar-refractivity contribution in [3.8, 4) is 11.3 Å². The smallest absolute Gasteiger partial charge is 0.272 e. The summed E-state index contributed by atoms with van der Waals surface area (Å²) in [6.45, 7) is 0. The van der Waals surface area contributed by atoms with Gasteiger partial charge in [0.05, 0.1) is 11.9 Å². The van der Waals surface area contributed by atoms with Crippen LogP contribution in [0, 0.1) is 0 Å². The molecule has 0 radical (unpaired) electrons. The molecule has 6 rings (SSSR count). The molecule has 1 aliphatic carbocycles. The van der Waals surface area contributed by atoms with E-state index < -0.39 is 0 Å². The highest BCUT2D eigenvalue weighted by Crippen LogP contribution is 2.36. The number of fused-ring (bicyclic) bond motifs is 1. The average Bonchev–Trinajstić information content (AvgIpc) is 3.49. The van der Waals surface area contributed by atoms with Gasteiger partial charge in [-0.05, 0) is 51.6 Å². The van der Waals surface area contributed by atoms with Crippen molar-refractivity contribution >= 4 is 33.7 Å². The molecule has 0 saturated heterocycles. The van der Waals surface area contributed by atoms with Gasteiger partial charge in [0, 0.05) is 11.1 Å². The Labute approximate surface area is 184 Å². The van der Waals surface area contributed by atoms with Gasteiger partial charge in [0.15, 0.2) is 0 Å². The Balaban J connectivity index is 1.25. The minimum atomic E-state index is -0.328. The van der Waals surface area contributed by atoms with Crippen LogP contribution in [0.5, 0.6) is 0 Å². The lowest BCUT2D eigenvalue weighted by molar-refractivity contribution is 0.0950. The van der Waals surface area contributed by atoms with E-state index in [4.69, 9.17) is 0 Å². The predicted octanol–water partition coefficient (Wildman–Crippen LogP) is 5.25. The summed E-state index contributed by atoms with van der Waals surface area (Å²) in [5.41, 5.74) is 8.47. The van der Waals surface area contributed by atoms with Crippen molar-refractivity contribution in [3.05, 3.63) is 101 Å². The summed E-state index contributed by atoms with van der Waals surface area (Å²) in [6, 6.07) is 26.6. The number of aromatic amines is 1. The molecule has 2 N–H and O–H groups in total. The summed E-state index contributed by atoms with van der Waals surface area (Å²) in [5, 5.41) is 16.2. The molecule has 0 atom stereocenters. The summed E-state index contributed by atoms with van der Waals surface area (Å²) >= 11 is 0. The standard InChI is InChI=1S/C27H20N4O/c32-27(31-28-16-20-8-3-6-17-5-1-2-9-21(17)20)25-15-24(29-30-25)22-14-13-19-12-11-18-7-4-10-23(22)26(18)19/h1-10,13-16H,11-12H2,(H,29,30)(H,31,32)/b28-16-. The number of hydrogen-bond acceptors (Lipinski definition) is 3. The summed E-state index contributed by atoms with van der Waals surface area (Å²) in [4.78, 5) is 12.6. The Bertz CT molecular complexity index is 1510. The number of carbonyl (C=O) groups excluding carboxylic acids is 1. The third-order valence-corrected chi connectivity index (χ3v) is 6.17. The molecule has 0 bridgehead atoms. The number of hydrazone groups is 1. The fraction of sp³-hybridized carbons (Fsp3) is 0.0741. The first-order valence-corrected chi connectivity index (χ1v) is 10.7. The summed E-state index contributed by atoms with van der Waals surface area (Å²) < 4.78 is 0. The van der Waals surface area contributed by atoms with Crippen molar-refractivity contribution in [3.63, 3.8) is 0 Å². The van der Waals surface area contributed by atoms with Gasteiger partial charge >= 0.3 is 0 Å². The lowest BCUT2D eigenvalue weighted by atomic mass is 9.98. The Morgan fingerprint density at radius 2 is 1.69 bits per heavy atom. The zero-order chi connectivity index (χ0) is 21.5. The van der Waals surface area contributed by atoms with E-state index >= 15 is 0 Å². The Hall–Kier alpha value is -4.25. The van der Waals surface area contributed by atoms with Gasteiger partial charge in [-0.1, -0.05) is 72.8 Å². The highest BCUT2D eigenvalue weighted by Gasteiger charge is 2.18. The number of hydrogen-bond donors (Lipinski definition) is 2. The molecular formula is C27H20N4O. The number of aryl methyl sites for hydroxylation is 2. The van der Waals surface area contributed by atoms with Crippen LogP contribution in [0.15, 0.2) is 84.0 Å². The van der Waals surface area contributed by atoms with Crippen LogP contribution in [-0.4, -0.2) is 22.3 Å². The molecule has 1 amide bonds. The first-order valence-electron chi connectivity index (χ1n) is 10.7. The molecule has 1 aromatic heterocycles. The van der Waals surface area contributed by atoms with Crippen molar-refractivity contribution < 1.29 is 4.79 Å². The van der Waals surface area contributed by atoms with E-state index in [9.17, 15) is 4.79 Å². The van der Waals surface area contributed by atoms with Gasteiger partial charge in [0.2, 0.25) is 0 Å². The third kappa shape index (κ3) is 3.06. The first-order chi connectivity index (χ1) is 15.8. The fourth-order valence-electron chi connectivity index (χ4n) is 4.63. The van der Waals surface area contributed by atoms with Crippen LogP contribution in [0.4, 0.5) is 0 Å². The van der Waals surface area contributed by atoms with Crippen LogP contribution in [-0.2, 0) is 12.8 Å². The molecule has 5 nitrogen and oxygen atoms in total. The van der Waals surface area contributed by atoms with E-state index in [-0.39, 0.29) is 5.91 Å². The second-order valence-corrected chi connectivity index (χ2v) is 8.05. The minimum absolute atomic E-state index is 0.328. The Morgan fingerprint density at radius 3 is 2.62 bits per heavy atom. The molecule has 5 heteroatoms. The van der Waals surface area contributed by atoms with Crippen LogP contribution in [0.1, 0.15) is 27.2 Å². The van der Waals surface area contributed by atoms with Crippen molar-refractivity contribution in [2.75, 3.05) is 0 Å². The summed E-state index contributed by atoms with van der Waals surface area (Å²) in [7, 11) is 0. The van der Waals surface area contributed by atoms with Gasteiger partial charge in [-0.25, -0.2) is 5.43 Å². The second kappa shape index (κ2) is 7.46. The molecule has 1 aliphatic rings. The fourth-order valence-corrected chi connectivity index (χ4v) is 4.63. The molecule has 0 aliphatic heterocycles. The van der Waals surface area contributed by atoms with Gasteiger partial charge in [-0.15, -0.1) is 0 Å². The van der Waals surface area contributed by atoms with Crippen LogP contribution in [0.2, 0.25) is 0 Å². The lowest BCUT2D eigenvalue weighted by Crippen LogP contribution is -2.18. The van der Waals surface area contributed by atoms with Crippen LogP contribution < -0.4 is 5.43 Å².